The van der Waals surface area contributed by atoms with Crippen LogP contribution in [0, 0.1) is 5.82 Å². The summed E-state index contributed by atoms with van der Waals surface area (Å²) in [6.45, 7) is 1.66. The van der Waals surface area contributed by atoms with Crippen molar-refractivity contribution in [2.45, 2.75) is 56.8 Å². The summed E-state index contributed by atoms with van der Waals surface area (Å²) >= 11 is 6.05. The van der Waals surface area contributed by atoms with E-state index in [1.807, 2.05) is 0 Å². The normalized spacial score (nSPS) is 23.3. The molecular formula is C20H23ClFN5O2. The van der Waals surface area contributed by atoms with E-state index in [1.54, 1.807) is 25.4 Å². The third-order valence-corrected chi connectivity index (χ3v) is 5.53. The number of hydrogen-bond acceptors (Lipinski definition) is 6. The molecule has 0 bridgehead atoms. The van der Waals surface area contributed by atoms with Crippen LogP contribution in [0.25, 0.3) is 22.4 Å². The fourth-order valence-corrected chi connectivity index (χ4v) is 4.31. The van der Waals surface area contributed by atoms with Crippen LogP contribution in [0.5, 0.6) is 0 Å². The molecule has 154 valence electrons. The number of nitrogens with zero attached hydrogens (tertiary/aromatic N) is 3. The monoisotopic (exact) mass is 419 g/mol. The Balaban J connectivity index is 1.60. The highest BCUT2D eigenvalue weighted by Gasteiger charge is 2.35. The molecule has 0 radical (unpaired) electrons. The van der Waals surface area contributed by atoms with Crippen LogP contribution in [0.2, 0.25) is 5.02 Å². The van der Waals surface area contributed by atoms with Crippen LogP contribution in [0.1, 0.15) is 39.0 Å². The molecule has 0 spiro atoms. The number of fused-ring (bicyclic) bond motifs is 1. The second-order valence-corrected chi connectivity index (χ2v) is 8.29. The van der Waals surface area contributed by atoms with Gasteiger partial charge in [-0.25, -0.2) is 19.3 Å². The molecule has 3 atom stereocenters. The second-order valence-electron chi connectivity index (χ2n) is 7.86. The van der Waals surface area contributed by atoms with Crippen molar-refractivity contribution in [1.29, 1.82) is 0 Å². The Kier molecular flexibility index (Phi) is 5.42. The standard InChI is InChI=1S/C20H23ClFN5O2/c1-11(28)6-20(29)4-2-3-13(7-20)26-19-16(22)10-25-18(27-19)15-9-24-17-14(15)5-12(21)8-23-17/h5,8-11,13,28-29H,2-4,6-7H2,1H3,(H,23,24)(H,25,26,27)/t11?,13-,20-/m0/s1. The maximum absolute atomic E-state index is 14.4. The smallest absolute Gasteiger partial charge is 0.183 e. The molecule has 3 aromatic rings. The summed E-state index contributed by atoms with van der Waals surface area (Å²) in [5.41, 5.74) is 0.352. The third kappa shape index (κ3) is 4.34. The van der Waals surface area contributed by atoms with E-state index in [0.717, 1.165) is 24.4 Å². The third-order valence-electron chi connectivity index (χ3n) is 5.32. The predicted molar refractivity (Wildman–Crippen MR) is 109 cm³/mol. The van der Waals surface area contributed by atoms with Crippen LogP contribution in [0.3, 0.4) is 0 Å². The average molecular weight is 420 g/mol. The summed E-state index contributed by atoms with van der Waals surface area (Å²) < 4.78 is 14.4. The molecule has 1 aliphatic rings. The Morgan fingerprint density at radius 3 is 3.03 bits per heavy atom. The van der Waals surface area contributed by atoms with Gasteiger partial charge in [0.25, 0.3) is 0 Å². The maximum Gasteiger partial charge on any atom is 0.183 e. The van der Waals surface area contributed by atoms with E-state index in [-0.39, 0.29) is 11.9 Å². The van der Waals surface area contributed by atoms with Crippen LogP contribution in [-0.2, 0) is 0 Å². The van der Waals surface area contributed by atoms with Crippen LogP contribution in [-0.4, -0.2) is 47.9 Å². The molecule has 3 aromatic heterocycles. The molecule has 1 saturated carbocycles. The van der Waals surface area contributed by atoms with Gasteiger partial charge in [0.05, 0.1) is 22.9 Å². The van der Waals surface area contributed by atoms with Gasteiger partial charge in [-0.2, -0.15) is 0 Å². The lowest BCUT2D eigenvalue weighted by molar-refractivity contribution is -0.0365. The number of anilines is 1. The number of aliphatic hydroxyl groups excluding tert-OH is 1. The summed E-state index contributed by atoms with van der Waals surface area (Å²) in [5.74, 6) is -0.126. The van der Waals surface area contributed by atoms with Crippen LogP contribution in [0.15, 0.2) is 24.7 Å². The number of hydrogen-bond donors (Lipinski definition) is 4. The van der Waals surface area contributed by atoms with Gasteiger partial charge in [0.2, 0.25) is 0 Å². The van der Waals surface area contributed by atoms with Gasteiger partial charge in [-0.05, 0) is 38.7 Å². The topological polar surface area (TPSA) is 107 Å². The fraction of sp³-hybridized carbons (Fsp3) is 0.450. The van der Waals surface area contributed by atoms with Crippen LogP contribution < -0.4 is 5.32 Å². The predicted octanol–water partition coefficient (Wildman–Crippen LogP) is 3.67. The van der Waals surface area contributed by atoms with Gasteiger partial charge in [-0.1, -0.05) is 11.6 Å². The lowest BCUT2D eigenvalue weighted by atomic mass is 9.78. The van der Waals surface area contributed by atoms with E-state index >= 15 is 0 Å². The minimum absolute atomic E-state index is 0.0886. The Hall–Kier alpha value is -2.29. The Bertz CT molecular complexity index is 1030. The molecule has 0 amide bonds. The highest BCUT2D eigenvalue weighted by atomic mass is 35.5. The van der Waals surface area contributed by atoms with Gasteiger partial charge >= 0.3 is 0 Å². The molecule has 4 rings (SSSR count). The highest BCUT2D eigenvalue weighted by molar-refractivity contribution is 6.31. The minimum Gasteiger partial charge on any atom is -0.393 e. The van der Waals surface area contributed by atoms with Crippen molar-refractivity contribution in [1.82, 2.24) is 19.9 Å². The van der Waals surface area contributed by atoms with E-state index < -0.39 is 17.5 Å². The molecule has 4 N–H and O–H groups in total. The van der Waals surface area contributed by atoms with Crippen molar-refractivity contribution in [2.24, 2.45) is 0 Å². The van der Waals surface area contributed by atoms with Gasteiger partial charge in [-0.3, -0.25) is 0 Å². The quantitative estimate of drug-likeness (QED) is 0.502. The summed E-state index contributed by atoms with van der Waals surface area (Å²) in [4.78, 5) is 15.8. The number of pyridine rings is 1. The van der Waals surface area contributed by atoms with Gasteiger partial charge in [-0.15, -0.1) is 0 Å². The number of H-pyrrole nitrogens is 1. The summed E-state index contributed by atoms with van der Waals surface area (Å²) in [5, 5.41) is 24.8. The zero-order valence-corrected chi connectivity index (χ0v) is 16.7. The van der Waals surface area contributed by atoms with E-state index in [2.05, 4.69) is 25.3 Å². The number of nitrogens with one attached hydrogen (secondary N) is 2. The Morgan fingerprint density at radius 2 is 2.24 bits per heavy atom. The molecule has 0 aliphatic heterocycles. The van der Waals surface area contributed by atoms with Crippen molar-refractivity contribution >= 4 is 28.5 Å². The van der Waals surface area contributed by atoms with Crippen LogP contribution in [0.4, 0.5) is 10.2 Å². The average Bonchev–Trinajstić information content (AvgIpc) is 3.05. The minimum atomic E-state index is -0.963. The molecule has 7 nitrogen and oxygen atoms in total. The first-order chi connectivity index (χ1) is 13.8. The van der Waals surface area contributed by atoms with Crippen molar-refractivity contribution in [3.05, 3.63) is 35.5 Å². The number of aliphatic hydroxyl groups is 2. The molecule has 0 saturated heterocycles. The molecule has 9 heteroatoms. The van der Waals surface area contributed by atoms with Gasteiger partial charge in [0.1, 0.15) is 5.65 Å². The van der Waals surface area contributed by atoms with Gasteiger partial charge in [0.15, 0.2) is 17.5 Å². The summed E-state index contributed by atoms with van der Waals surface area (Å²) in [6, 6.07) is 1.61. The van der Waals surface area contributed by atoms with E-state index in [0.29, 0.717) is 41.3 Å². The highest BCUT2D eigenvalue weighted by Crippen LogP contribution is 2.34. The molecular weight excluding hydrogens is 397 g/mol. The fourth-order valence-electron chi connectivity index (χ4n) is 4.15. The van der Waals surface area contributed by atoms with Crippen molar-refractivity contribution in [3.8, 4) is 11.4 Å². The SMILES string of the molecule is CC(O)C[C@@]1(O)CCC[C@H](Nc2nc(-c3c[nH]c4ncc(Cl)cc34)ncc2F)C1. The number of aromatic amines is 1. The van der Waals surface area contributed by atoms with Gasteiger partial charge < -0.3 is 20.5 Å². The number of aromatic nitrogens is 4. The maximum atomic E-state index is 14.4. The number of rotatable bonds is 5. The van der Waals surface area contributed by atoms with E-state index in [1.165, 1.54) is 0 Å². The Morgan fingerprint density at radius 1 is 1.41 bits per heavy atom. The lowest BCUT2D eigenvalue weighted by Gasteiger charge is -2.38. The lowest BCUT2D eigenvalue weighted by Crippen LogP contribution is -2.42. The van der Waals surface area contributed by atoms with E-state index in [9.17, 15) is 14.6 Å². The number of halogens is 2. The molecule has 1 unspecified atom stereocenters. The second kappa shape index (κ2) is 7.85. The van der Waals surface area contributed by atoms with Gasteiger partial charge in [0, 0.05) is 35.8 Å². The zero-order valence-electron chi connectivity index (χ0n) is 16.0. The zero-order chi connectivity index (χ0) is 20.6. The Labute approximate surface area is 172 Å². The molecule has 1 aliphatic carbocycles. The van der Waals surface area contributed by atoms with Crippen molar-refractivity contribution in [2.75, 3.05) is 5.32 Å². The summed E-state index contributed by atoms with van der Waals surface area (Å²) in [7, 11) is 0. The van der Waals surface area contributed by atoms with Crippen molar-refractivity contribution < 1.29 is 14.6 Å². The van der Waals surface area contributed by atoms with Crippen LogP contribution >= 0.6 is 11.6 Å². The molecule has 1 fully saturated rings. The van der Waals surface area contributed by atoms with Crippen molar-refractivity contribution in [3.63, 3.8) is 0 Å². The first kappa shape index (κ1) is 20.0. The summed E-state index contributed by atoms with van der Waals surface area (Å²) in [6.07, 6.45) is 6.70. The molecule has 29 heavy (non-hydrogen) atoms. The van der Waals surface area contributed by atoms with E-state index in [4.69, 9.17) is 11.6 Å². The molecule has 0 aromatic carbocycles. The molecule has 3 heterocycles. The first-order valence-corrected chi connectivity index (χ1v) is 10.0. The first-order valence-electron chi connectivity index (χ1n) is 9.65. The largest absolute Gasteiger partial charge is 0.393 e.